The van der Waals surface area contributed by atoms with Gasteiger partial charge in [-0.3, -0.25) is 5.84 Å². The van der Waals surface area contributed by atoms with E-state index in [1.807, 2.05) is 18.2 Å². The maximum absolute atomic E-state index is 5.74. The fourth-order valence-electron chi connectivity index (χ4n) is 0.640. The zero-order valence-corrected chi connectivity index (χ0v) is 6.02. The molecule has 0 aromatic heterocycles. The SMILES string of the molecule is NNNc1ccccc1Cl. The largest absolute Gasteiger partial charge is 0.307 e. The van der Waals surface area contributed by atoms with Gasteiger partial charge in [0.15, 0.2) is 0 Å². The smallest absolute Gasteiger partial charge is 0.0687 e. The third kappa shape index (κ3) is 1.60. The predicted molar refractivity (Wildman–Crippen MR) is 42.4 cm³/mol. The van der Waals surface area contributed by atoms with Crippen LogP contribution in [0.2, 0.25) is 5.02 Å². The summed E-state index contributed by atoms with van der Waals surface area (Å²) in [6.07, 6.45) is 0. The number of benzene rings is 1. The van der Waals surface area contributed by atoms with Gasteiger partial charge in [0.2, 0.25) is 0 Å². The van der Waals surface area contributed by atoms with Crippen LogP contribution in [0.15, 0.2) is 24.3 Å². The number of nitrogens with one attached hydrogen (secondary N) is 2. The van der Waals surface area contributed by atoms with Gasteiger partial charge in [0.1, 0.15) is 0 Å². The Morgan fingerprint density at radius 3 is 2.60 bits per heavy atom. The van der Waals surface area contributed by atoms with Gasteiger partial charge >= 0.3 is 0 Å². The molecular weight excluding hydrogens is 150 g/mol. The van der Waals surface area contributed by atoms with Gasteiger partial charge in [-0.1, -0.05) is 23.7 Å². The lowest BCUT2D eigenvalue weighted by Crippen LogP contribution is -2.28. The van der Waals surface area contributed by atoms with Gasteiger partial charge in [-0.25, -0.2) is 0 Å². The van der Waals surface area contributed by atoms with E-state index >= 15 is 0 Å². The molecule has 0 saturated carbocycles. The monoisotopic (exact) mass is 157 g/mol. The van der Waals surface area contributed by atoms with Gasteiger partial charge in [-0.05, 0) is 12.1 Å². The van der Waals surface area contributed by atoms with Crippen molar-refractivity contribution >= 4 is 17.3 Å². The van der Waals surface area contributed by atoms with Crippen LogP contribution in [0.25, 0.3) is 0 Å². The van der Waals surface area contributed by atoms with Gasteiger partial charge < -0.3 is 5.43 Å². The molecule has 0 unspecified atom stereocenters. The molecule has 1 aromatic rings. The molecule has 0 aliphatic rings. The highest BCUT2D eigenvalue weighted by Gasteiger charge is 1.93. The van der Waals surface area contributed by atoms with Crippen LogP contribution in [0, 0.1) is 0 Å². The van der Waals surface area contributed by atoms with E-state index in [0.29, 0.717) is 5.02 Å². The van der Waals surface area contributed by atoms with Crippen molar-refractivity contribution in [3.8, 4) is 0 Å². The van der Waals surface area contributed by atoms with Gasteiger partial charge in [-0.2, -0.15) is 5.53 Å². The summed E-state index contributed by atoms with van der Waals surface area (Å²) in [5.74, 6) is 5.01. The minimum Gasteiger partial charge on any atom is -0.307 e. The Labute approximate surface area is 64.1 Å². The predicted octanol–water partition coefficient (Wildman–Crippen LogP) is 1.13. The summed E-state index contributed by atoms with van der Waals surface area (Å²) < 4.78 is 0. The van der Waals surface area contributed by atoms with E-state index in [0.717, 1.165) is 5.69 Å². The zero-order chi connectivity index (χ0) is 7.40. The number of hydrogen-bond donors (Lipinski definition) is 3. The standard InChI is InChI=1S/C6H8ClN3/c7-5-3-1-2-4-6(5)9-10-8/h1-4,9-10H,8H2. The topological polar surface area (TPSA) is 50.1 Å². The number of nitrogens with two attached hydrogens (primary N) is 1. The first-order chi connectivity index (χ1) is 4.84. The lowest BCUT2D eigenvalue weighted by atomic mass is 10.3. The number of anilines is 1. The van der Waals surface area contributed by atoms with Crippen LogP contribution in [0.4, 0.5) is 5.69 Å². The molecule has 0 amide bonds. The number of hydrazine groups is 2. The first-order valence-electron chi connectivity index (χ1n) is 2.81. The molecule has 1 aromatic carbocycles. The Kier molecular flexibility index (Phi) is 2.50. The zero-order valence-electron chi connectivity index (χ0n) is 5.26. The molecule has 54 valence electrons. The van der Waals surface area contributed by atoms with Crippen LogP contribution in [0.5, 0.6) is 0 Å². The summed E-state index contributed by atoms with van der Waals surface area (Å²) in [5, 5.41) is 0.639. The highest BCUT2D eigenvalue weighted by molar-refractivity contribution is 6.33. The van der Waals surface area contributed by atoms with Crippen molar-refractivity contribution < 1.29 is 0 Å². The molecule has 0 saturated heterocycles. The number of hydrogen-bond acceptors (Lipinski definition) is 3. The van der Waals surface area contributed by atoms with E-state index in [-0.39, 0.29) is 0 Å². The van der Waals surface area contributed by atoms with Gasteiger partial charge in [-0.15, -0.1) is 0 Å². The Morgan fingerprint density at radius 1 is 1.30 bits per heavy atom. The Balaban J connectivity index is 2.81. The molecular formula is C6H8ClN3. The highest BCUT2D eigenvalue weighted by atomic mass is 35.5. The molecule has 10 heavy (non-hydrogen) atoms. The molecule has 0 radical (unpaired) electrons. The molecule has 4 heteroatoms. The minimum absolute atomic E-state index is 0.639. The second-order valence-corrected chi connectivity index (χ2v) is 2.16. The first-order valence-corrected chi connectivity index (χ1v) is 3.18. The van der Waals surface area contributed by atoms with Crippen LogP contribution in [0.3, 0.4) is 0 Å². The van der Waals surface area contributed by atoms with E-state index in [9.17, 15) is 0 Å². The van der Waals surface area contributed by atoms with Crippen molar-refractivity contribution in [3.05, 3.63) is 29.3 Å². The fourth-order valence-corrected chi connectivity index (χ4v) is 0.823. The van der Waals surface area contributed by atoms with E-state index < -0.39 is 0 Å². The van der Waals surface area contributed by atoms with E-state index in [1.54, 1.807) is 6.07 Å². The van der Waals surface area contributed by atoms with E-state index in [1.165, 1.54) is 0 Å². The van der Waals surface area contributed by atoms with E-state index in [4.69, 9.17) is 17.4 Å². The average Bonchev–Trinajstić information content (AvgIpc) is 1.94. The quantitative estimate of drug-likeness (QED) is 0.446. The van der Waals surface area contributed by atoms with Gasteiger partial charge in [0.05, 0.1) is 10.7 Å². The maximum atomic E-state index is 5.74. The molecule has 0 spiro atoms. The van der Waals surface area contributed by atoms with Crippen molar-refractivity contribution in [2.24, 2.45) is 5.84 Å². The van der Waals surface area contributed by atoms with Crippen LogP contribution in [0.1, 0.15) is 0 Å². The Bertz CT molecular complexity index is 214. The second kappa shape index (κ2) is 3.41. The minimum atomic E-state index is 0.639. The summed E-state index contributed by atoms with van der Waals surface area (Å²) >= 11 is 5.74. The summed E-state index contributed by atoms with van der Waals surface area (Å²) in [7, 11) is 0. The summed E-state index contributed by atoms with van der Waals surface area (Å²) in [4.78, 5) is 0. The second-order valence-electron chi connectivity index (χ2n) is 1.75. The summed E-state index contributed by atoms with van der Waals surface area (Å²) in [6, 6.07) is 7.32. The van der Waals surface area contributed by atoms with Crippen molar-refractivity contribution in [3.63, 3.8) is 0 Å². The number of rotatable bonds is 2. The Morgan fingerprint density at radius 2 is 2.00 bits per heavy atom. The molecule has 0 bridgehead atoms. The average molecular weight is 158 g/mol. The fraction of sp³-hybridized carbons (Fsp3) is 0. The Hall–Kier alpha value is -0.770. The normalized spacial score (nSPS) is 9.40. The highest BCUT2D eigenvalue weighted by Crippen LogP contribution is 2.18. The molecule has 1 rings (SSSR count). The van der Waals surface area contributed by atoms with Crippen molar-refractivity contribution in [2.45, 2.75) is 0 Å². The summed E-state index contributed by atoms with van der Waals surface area (Å²) in [5.41, 5.74) is 5.73. The van der Waals surface area contributed by atoms with Gasteiger partial charge in [0.25, 0.3) is 0 Å². The van der Waals surface area contributed by atoms with Crippen LogP contribution < -0.4 is 16.8 Å². The van der Waals surface area contributed by atoms with Crippen molar-refractivity contribution in [1.82, 2.24) is 5.53 Å². The molecule has 4 N–H and O–H groups in total. The van der Waals surface area contributed by atoms with E-state index in [2.05, 4.69) is 11.0 Å². The number of para-hydroxylation sites is 1. The number of halogens is 1. The third-order valence-corrected chi connectivity index (χ3v) is 1.41. The molecule has 0 fully saturated rings. The van der Waals surface area contributed by atoms with Gasteiger partial charge in [0, 0.05) is 0 Å². The maximum Gasteiger partial charge on any atom is 0.0687 e. The lowest BCUT2D eigenvalue weighted by Gasteiger charge is -2.03. The summed E-state index contributed by atoms with van der Waals surface area (Å²) in [6.45, 7) is 0. The van der Waals surface area contributed by atoms with Crippen molar-refractivity contribution in [1.29, 1.82) is 0 Å². The molecule has 0 aliphatic carbocycles. The third-order valence-electron chi connectivity index (χ3n) is 1.08. The van der Waals surface area contributed by atoms with Crippen molar-refractivity contribution in [2.75, 3.05) is 5.43 Å². The molecule has 0 heterocycles. The molecule has 0 aliphatic heterocycles. The van der Waals surface area contributed by atoms with Crippen LogP contribution in [-0.4, -0.2) is 0 Å². The lowest BCUT2D eigenvalue weighted by molar-refractivity contribution is 0.876. The van der Waals surface area contributed by atoms with Crippen LogP contribution in [-0.2, 0) is 0 Å². The molecule has 0 atom stereocenters. The first kappa shape index (κ1) is 7.34. The van der Waals surface area contributed by atoms with Crippen LogP contribution >= 0.6 is 11.6 Å². The molecule has 3 nitrogen and oxygen atoms in total.